The van der Waals surface area contributed by atoms with Crippen LogP contribution in [0.2, 0.25) is 0 Å². The van der Waals surface area contributed by atoms with E-state index in [1.54, 1.807) is 24.3 Å². The van der Waals surface area contributed by atoms with Gasteiger partial charge in [-0.2, -0.15) is 5.26 Å². The highest BCUT2D eigenvalue weighted by atomic mass is 16.6. The van der Waals surface area contributed by atoms with Gasteiger partial charge >= 0.3 is 6.09 Å². The van der Waals surface area contributed by atoms with Crippen LogP contribution < -0.4 is 10.6 Å². The lowest BCUT2D eigenvalue weighted by atomic mass is 10.1. The largest absolute Gasteiger partial charge is 0.445 e. The van der Waals surface area contributed by atoms with Gasteiger partial charge in [0.25, 0.3) is 0 Å². The lowest BCUT2D eigenvalue weighted by Crippen LogP contribution is -2.37. The summed E-state index contributed by atoms with van der Waals surface area (Å²) in [6.45, 7) is 1.68. The van der Waals surface area contributed by atoms with Gasteiger partial charge in [0.15, 0.2) is 0 Å². The third kappa shape index (κ3) is 3.47. The smallest absolute Gasteiger partial charge is 0.411 e. The van der Waals surface area contributed by atoms with Crippen molar-refractivity contribution in [3.05, 3.63) is 29.8 Å². The van der Waals surface area contributed by atoms with Gasteiger partial charge in [-0.3, -0.25) is 5.32 Å². The van der Waals surface area contributed by atoms with Gasteiger partial charge in [-0.05, 0) is 37.6 Å². The minimum Gasteiger partial charge on any atom is -0.445 e. The highest BCUT2D eigenvalue weighted by molar-refractivity contribution is 5.84. The van der Waals surface area contributed by atoms with Crippen LogP contribution in [0.4, 0.5) is 10.5 Å². The van der Waals surface area contributed by atoms with E-state index in [2.05, 4.69) is 10.6 Å². The molecule has 2 N–H and O–H groups in total. The molecule has 18 heavy (non-hydrogen) atoms. The van der Waals surface area contributed by atoms with Gasteiger partial charge in [0.05, 0.1) is 11.6 Å². The highest BCUT2D eigenvalue weighted by Gasteiger charge is 2.17. The van der Waals surface area contributed by atoms with E-state index < -0.39 is 6.09 Å². The summed E-state index contributed by atoms with van der Waals surface area (Å²) in [5.74, 6) is 0. The van der Waals surface area contributed by atoms with Crippen LogP contribution in [-0.2, 0) is 4.74 Å². The summed E-state index contributed by atoms with van der Waals surface area (Å²) in [6, 6.07) is 8.76. The van der Waals surface area contributed by atoms with Crippen LogP contribution in [0.3, 0.4) is 0 Å². The number of amides is 1. The summed E-state index contributed by atoms with van der Waals surface area (Å²) in [6.07, 6.45) is 1.36. The number of nitrogens with one attached hydrogen (secondary N) is 2. The van der Waals surface area contributed by atoms with E-state index in [9.17, 15) is 4.79 Å². The Morgan fingerprint density at radius 3 is 3.17 bits per heavy atom. The van der Waals surface area contributed by atoms with Gasteiger partial charge in [-0.1, -0.05) is 6.07 Å². The second-order valence-electron chi connectivity index (χ2n) is 4.19. The molecule has 5 heteroatoms. The number of piperidine rings is 1. The molecule has 0 spiro atoms. The quantitative estimate of drug-likeness (QED) is 0.834. The number of rotatable bonds is 2. The van der Waals surface area contributed by atoms with Crippen LogP contribution in [0, 0.1) is 11.3 Å². The van der Waals surface area contributed by atoms with Crippen molar-refractivity contribution in [2.24, 2.45) is 0 Å². The summed E-state index contributed by atoms with van der Waals surface area (Å²) in [4.78, 5) is 11.6. The molecule has 1 aliphatic heterocycles. The number of nitriles is 1. The van der Waals surface area contributed by atoms with Crippen LogP contribution in [0.15, 0.2) is 24.3 Å². The zero-order valence-electron chi connectivity index (χ0n) is 9.98. The van der Waals surface area contributed by atoms with E-state index in [1.165, 1.54) is 0 Å². The van der Waals surface area contributed by atoms with Crippen molar-refractivity contribution in [1.29, 1.82) is 5.26 Å². The minimum atomic E-state index is -0.473. The average Bonchev–Trinajstić information content (AvgIpc) is 2.40. The number of hydrogen-bond donors (Lipinski definition) is 2. The second-order valence-corrected chi connectivity index (χ2v) is 4.19. The molecule has 1 aromatic carbocycles. The Kier molecular flexibility index (Phi) is 4.15. The summed E-state index contributed by atoms with van der Waals surface area (Å²) in [7, 11) is 0. The predicted octanol–water partition coefficient (Wildman–Crippen LogP) is 1.86. The fraction of sp³-hybridized carbons (Fsp3) is 0.385. The molecule has 1 saturated heterocycles. The zero-order chi connectivity index (χ0) is 12.8. The van der Waals surface area contributed by atoms with Crippen molar-refractivity contribution in [3.63, 3.8) is 0 Å². The van der Waals surface area contributed by atoms with Crippen LogP contribution in [-0.4, -0.2) is 25.3 Å². The summed E-state index contributed by atoms with van der Waals surface area (Å²) in [5.41, 5.74) is 1.08. The first kappa shape index (κ1) is 12.4. The van der Waals surface area contributed by atoms with E-state index in [-0.39, 0.29) is 6.10 Å². The molecule has 1 amide bonds. The zero-order valence-corrected chi connectivity index (χ0v) is 9.98. The normalized spacial score (nSPS) is 18.7. The molecule has 1 aromatic rings. The first-order valence-corrected chi connectivity index (χ1v) is 5.96. The predicted molar refractivity (Wildman–Crippen MR) is 67.2 cm³/mol. The minimum absolute atomic E-state index is 0.0714. The van der Waals surface area contributed by atoms with E-state index in [1.807, 2.05) is 6.07 Å². The maximum atomic E-state index is 11.6. The standard InChI is InChI=1S/C13H15N3O2/c14-8-10-3-1-4-11(7-10)16-13(17)18-12-5-2-6-15-9-12/h1,3-4,7,12,15H,2,5-6,9H2,(H,16,17). The van der Waals surface area contributed by atoms with E-state index in [0.717, 1.165) is 19.4 Å². The van der Waals surface area contributed by atoms with E-state index in [0.29, 0.717) is 17.8 Å². The number of anilines is 1. The van der Waals surface area contributed by atoms with Crippen LogP contribution in [0.5, 0.6) is 0 Å². The van der Waals surface area contributed by atoms with Crippen LogP contribution in [0.1, 0.15) is 18.4 Å². The highest BCUT2D eigenvalue weighted by Crippen LogP contribution is 2.12. The molecule has 1 fully saturated rings. The van der Waals surface area contributed by atoms with Crippen molar-refractivity contribution in [2.75, 3.05) is 18.4 Å². The Bertz CT molecular complexity index is 462. The third-order valence-corrected chi connectivity index (χ3v) is 2.76. The molecule has 1 atom stereocenters. The van der Waals surface area contributed by atoms with Gasteiger partial charge < -0.3 is 10.1 Å². The molecule has 0 aromatic heterocycles. The topological polar surface area (TPSA) is 74.2 Å². The summed E-state index contributed by atoms with van der Waals surface area (Å²) in [5, 5.41) is 14.6. The molecule has 0 radical (unpaired) electrons. The van der Waals surface area contributed by atoms with Gasteiger partial charge in [0.1, 0.15) is 6.10 Å². The Balaban J connectivity index is 1.88. The van der Waals surface area contributed by atoms with Crippen molar-refractivity contribution in [1.82, 2.24) is 5.32 Å². The Morgan fingerprint density at radius 2 is 2.44 bits per heavy atom. The molecule has 2 rings (SSSR count). The summed E-state index contributed by atoms with van der Waals surface area (Å²) < 4.78 is 5.27. The maximum Gasteiger partial charge on any atom is 0.411 e. The van der Waals surface area contributed by atoms with Crippen molar-refractivity contribution in [2.45, 2.75) is 18.9 Å². The number of carbonyl (C=O) groups is 1. The van der Waals surface area contributed by atoms with Crippen molar-refractivity contribution < 1.29 is 9.53 Å². The fourth-order valence-electron chi connectivity index (χ4n) is 1.89. The molecule has 1 unspecified atom stereocenters. The van der Waals surface area contributed by atoms with Crippen LogP contribution >= 0.6 is 0 Å². The Hall–Kier alpha value is -2.06. The number of nitrogens with zero attached hydrogens (tertiary/aromatic N) is 1. The molecular weight excluding hydrogens is 230 g/mol. The van der Waals surface area contributed by atoms with Gasteiger partial charge in [-0.25, -0.2) is 4.79 Å². The third-order valence-electron chi connectivity index (χ3n) is 2.76. The number of benzene rings is 1. The Morgan fingerprint density at radius 1 is 1.56 bits per heavy atom. The van der Waals surface area contributed by atoms with Crippen molar-refractivity contribution in [3.8, 4) is 6.07 Å². The number of ether oxygens (including phenoxy) is 1. The van der Waals surface area contributed by atoms with Gasteiger partial charge in [0.2, 0.25) is 0 Å². The average molecular weight is 245 g/mol. The summed E-state index contributed by atoms with van der Waals surface area (Å²) >= 11 is 0. The molecule has 0 saturated carbocycles. The van der Waals surface area contributed by atoms with E-state index in [4.69, 9.17) is 10.00 Å². The maximum absolute atomic E-state index is 11.6. The lowest BCUT2D eigenvalue weighted by Gasteiger charge is -2.22. The molecule has 0 bridgehead atoms. The molecule has 0 aliphatic carbocycles. The molecular formula is C13H15N3O2. The number of carbonyl (C=O) groups excluding carboxylic acids is 1. The lowest BCUT2D eigenvalue weighted by molar-refractivity contribution is 0.0941. The molecule has 5 nitrogen and oxygen atoms in total. The first-order valence-electron chi connectivity index (χ1n) is 5.96. The number of hydrogen-bond acceptors (Lipinski definition) is 4. The van der Waals surface area contributed by atoms with Crippen LogP contribution in [0.25, 0.3) is 0 Å². The first-order chi connectivity index (χ1) is 8.78. The second kappa shape index (κ2) is 6.03. The van der Waals surface area contributed by atoms with Gasteiger partial charge in [0, 0.05) is 12.2 Å². The monoisotopic (exact) mass is 245 g/mol. The van der Waals surface area contributed by atoms with Gasteiger partial charge in [-0.15, -0.1) is 0 Å². The SMILES string of the molecule is N#Cc1cccc(NC(=O)OC2CCCNC2)c1. The van der Waals surface area contributed by atoms with Crippen molar-refractivity contribution >= 4 is 11.8 Å². The fourth-order valence-corrected chi connectivity index (χ4v) is 1.89. The Labute approximate surface area is 106 Å². The molecule has 94 valence electrons. The van der Waals surface area contributed by atoms with E-state index >= 15 is 0 Å². The molecule has 1 heterocycles. The molecule has 1 aliphatic rings.